The van der Waals surface area contributed by atoms with Gasteiger partial charge in [-0.2, -0.15) is 0 Å². The molecule has 3 aromatic rings. The Morgan fingerprint density at radius 3 is 2.39 bits per heavy atom. The first-order valence-corrected chi connectivity index (χ1v) is 9.41. The molecule has 0 aliphatic rings. The van der Waals surface area contributed by atoms with E-state index in [1.54, 1.807) is 23.4 Å². The minimum Gasteiger partial charge on any atom is -0.350 e. The van der Waals surface area contributed by atoms with Crippen LogP contribution in [0.2, 0.25) is 0 Å². The molecule has 1 N–H and O–H groups in total. The van der Waals surface area contributed by atoms with E-state index in [9.17, 15) is 9.59 Å². The van der Waals surface area contributed by atoms with Crippen LogP contribution >= 0.6 is 0 Å². The molecule has 0 saturated carbocycles. The monoisotopic (exact) mass is 378 g/mol. The van der Waals surface area contributed by atoms with Gasteiger partial charge in [-0.25, -0.2) is 4.98 Å². The topological polar surface area (TPSA) is 67.2 Å². The Labute approximate surface area is 165 Å². The number of rotatable bonds is 5. The molecule has 3 rings (SSSR count). The molecular formula is C22H26N4O2. The maximum Gasteiger partial charge on any atom is 0.254 e. The lowest BCUT2D eigenvalue weighted by Crippen LogP contribution is -2.47. The Hall–Kier alpha value is -3.15. The first-order valence-electron chi connectivity index (χ1n) is 9.41. The molecule has 0 atom stereocenters. The average molecular weight is 378 g/mol. The van der Waals surface area contributed by atoms with Crippen LogP contribution in [-0.2, 0) is 4.79 Å². The molecule has 6 heteroatoms. The summed E-state index contributed by atoms with van der Waals surface area (Å²) in [5.41, 5.74) is 3.09. The second kappa shape index (κ2) is 7.84. The van der Waals surface area contributed by atoms with Crippen LogP contribution in [-0.4, -0.2) is 44.9 Å². The van der Waals surface area contributed by atoms with Gasteiger partial charge in [0.15, 0.2) is 0 Å². The van der Waals surface area contributed by atoms with Gasteiger partial charge in [0.1, 0.15) is 6.33 Å². The number of fused-ring (bicyclic) bond motifs is 1. The molecule has 146 valence electrons. The minimum absolute atomic E-state index is 0.0422. The Morgan fingerprint density at radius 1 is 1.07 bits per heavy atom. The van der Waals surface area contributed by atoms with Crippen LogP contribution in [0.3, 0.4) is 0 Å². The number of amides is 2. The van der Waals surface area contributed by atoms with Crippen LogP contribution in [0.4, 0.5) is 0 Å². The smallest absolute Gasteiger partial charge is 0.254 e. The van der Waals surface area contributed by atoms with Gasteiger partial charge >= 0.3 is 0 Å². The van der Waals surface area contributed by atoms with Gasteiger partial charge in [0.05, 0.1) is 17.6 Å². The van der Waals surface area contributed by atoms with E-state index in [4.69, 9.17) is 0 Å². The van der Waals surface area contributed by atoms with E-state index in [2.05, 4.69) is 10.3 Å². The summed E-state index contributed by atoms with van der Waals surface area (Å²) in [6, 6.07) is 15.3. The van der Waals surface area contributed by atoms with Gasteiger partial charge in [-0.3, -0.25) is 14.2 Å². The normalized spacial score (nSPS) is 11.4. The third-order valence-corrected chi connectivity index (χ3v) is 4.36. The van der Waals surface area contributed by atoms with E-state index < -0.39 is 0 Å². The van der Waals surface area contributed by atoms with E-state index in [0.29, 0.717) is 12.1 Å². The van der Waals surface area contributed by atoms with Crippen LogP contribution in [0.15, 0.2) is 54.9 Å². The number of aromatic nitrogens is 2. The fraction of sp³-hybridized carbons (Fsp3) is 0.318. The number of carbonyl (C=O) groups is 2. The van der Waals surface area contributed by atoms with Crippen LogP contribution in [0.25, 0.3) is 16.7 Å². The molecule has 2 amide bonds. The number of carbonyl (C=O) groups excluding carboxylic acids is 2. The lowest BCUT2D eigenvalue weighted by Gasteiger charge is -2.25. The molecule has 1 aromatic heterocycles. The minimum atomic E-state index is -0.325. The zero-order valence-electron chi connectivity index (χ0n) is 16.8. The second-order valence-corrected chi connectivity index (χ2v) is 7.77. The predicted molar refractivity (Wildman–Crippen MR) is 111 cm³/mol. The fourth-order valence-electron chi connectivity index (χ4n) is 3.07. The second-order valence-electron chi connectivity index (χ2n) is 7.77. The van der Waals surface area contributed by atoms with Crippen molar-refractivity contribution < 1.29 is 9.59 Å². The highest BCUT2D eigenvalue weighted by atomic mass is 16.2. The van der Waals surface area contributed by atoms with Gasteiger partial charge in [0.2, 0.25) is 5.91 Å². The number of likely N-dealkylation sites (N-methyl/N-ethyl adjacent to an activating group) is 1. The van der Waals surface area contributed by atoms with E-state index >= 15 is 0 Å². The molecule has 0 fully saturated rings. The summed E-state index contributed by atoms with van der Waals surface area (Å²) in [5, 5.41) is 2.89. The standard InChI is InChI=1S/C22H26N4O2/c1-5-25(14-20(27)24-22(2,3)4)21(28)16-10-12-17(13-11-16)26-15-23-18-8-6-7-9-19(18)26/h6-13,15H,5,14H2,1-4H3,(H,24,27). The van der Waals surface area contributed by atoms with Crippen molar-refractivity contribution in [3.8, 4) is 5.69 Å². The van der Waals surface area contributed by atoms with E-state index in [0.717, 1.165) is 16.7 Å². The molecule has 6 nitrogen and oxygen atoms in total. The van der Waals surface area contributed by atoms with E-state index in [1.807, 2.05) is 68.7 Å². The molecule has 0 unspecified atom stereocenters. The summed E-state index contributed by atoms with van der Waals surface area (Å²) >= 11 is 0. The largest absolute Gasteiger partial charge is 0.350 e. The summed E-state index contributed by atoms with van der Waals surface area (Å²) < 4.78 is 1.98. The summed E-state index contributed by atoms with van der Waals surface area (Å²) in [5.74, 6) is -0.321. The molecular weight excluding hydrogens is 352 g/mol. The first kappa shape index (κ1) is 19.6. The van der Waals surface area contributed by atoms with Gasteiger partial charge in [-0.15, -0.1) is 0 Å². The third-order valence-electron chi connectivity index (χ3n) is 4.36. The maximum absolute atomic E-state index is 12.8. The molecule has 2 aromatic carbocycles. The Morgan fingerprint density at radius 2 is 1.75 bits per heavy atom. The molecule has 0 aliphatic carbocycles. The summed E-state index contributed by atoms with van der Waals surface area (Å²) in [6.45, 7) is 8.13. The van der Waals surface area contributed by atoms with Gasteiger partial charge in [-0.05, 0) is 64.1 Å². The highest BCUT2D eigenvalue weighted by Gasteiger charge is 2.20. The van der Waals surface area contributed by atoms with Crippen molar-refractivity contribution in [2.75, 3.05) is 13.1 Å². The summed E-state index contributed by atoms with van der Waals surface area (Å²) in [6.07, 6.45) is 1.77. The number of benzene rings is 2. The van der Waals surface area contributed by atoms with Crippen molar-refractivity contribution in [1.29, 1.82) is 0 Å². The zero-order chi connectivity index (χ0) is 20.3. The number of para-hydroxylation sites is 2. The van der Waals surface area contributed by atoms with Crippen LogP contribution in [0.1, 0.15) is 38.1 Å². The molecule has 0 spiro atoms. The average Bonchev–Trinajstić information content (AvgIpc) is 3.08. The van der Waals surface area contributed by atoms with Gasteiger partial charge in [0, 0.05) is 23.3 Å². The van der Waals surface area contributed by atoms with Crippen molar-refractivity contribution >= 4 is 22.8 Å². The maximum atomic E-state index is 12.8. The van der Waals surface area contributed by atoms with Crippen LogP contribution in [0.5, 0.6) is 0 Å². The lowest BCUT2D eigenvalue weighted by atomic mass is 10.1. The third kappa shape index (κ3) is 4.39. The molecule has 0 saturated heterocycles. The summed E-state index contributed by atoms with van der Waals surface area (Å²) in [7, 11) is 0. The van der Waals surface area contributed by atoms with Crippen molar-refractivity contribution in [1.82, 2.24) is 19.8 Å². The van der Waals surface area contributed by atoms with E-state index in [-0.39, 0.29) is 23.9 Å². The SMILES string of the molecule is CCN(CC(=O)NC(C)(C)C)C(=O)c1ccc(-n2cnc3ccccc32)cc1. The number of imidazole rings is 1. The fourth-order valence-corrected chi connectivity index (χ4v) is 3.07. The van der Waals surface area contributed by atoms with Crippen LogP contribution in [0, 0.1) is 0 Å². The quantitative estimate of drug-likeness (QED) is 0.740. The molecule has 0 bridgehead atoms. The zero-order valence-corrected chi connectivity index (χ0v) is 16.8. The number of hydrogen-bond acceptors (Lipinski definition) is 3. The lowest BCUT2D eigenvalue weighted by molar-refractivity contribution is -0.123. The van der Waals surface area contributed by atoms with E-state index in [1.165, 1.54) is 0 Å². The number of nitrogens with one attached hydrogen (secondary N) is 1. The highest BCUT2D eigenvalue weighted by molar-refractivity contribution is 5.96. The van der Waals surface area contributed by atoms with Crippen LogP contribution < -0.4 is 5.32 Å². The van der Waals surface area contributed by atoms with Crippen molar-refractivity contribution in [2.45, 2.75) is 33.2 Å². The van der Waals surface area contributed by atoms with Crippen molar-refractivity contribution in [2.24, 2.45) is 0 Å². The Bertz CT molecular complexity index is 984. The predicted octanol–water partition coefficient (Wildman–Crippen LogP) is 3.40. The molecule has 0 aliphatic heterocycles. The van der Waals surface area contributed by atoms with Crippen molar-refractivity contribution in [3.63, 3.8) is 0 Å². The van der Waals surface area contributed by atoms with Gasteiger partial charge < -0.3 is 10.2 Å². The Balaban J connectivity index is 1.76. The summed E-state index contributed by atoms with van der Waals surface area (Å²) in [4.78, 5) is 30.9. The van der Waals surface area contributed by atoms with Gasteiger partial charge in [0.25, 0.3) is 5.91 Å². The Kier molecular flexibility index (Phi) is 5.49. The molecule has 0 radical (unpaired) electrons. The van der Waals surface area contributed by atoms with Gasteiger partial charge in [-0.1, -0.05) is 12.1 Å². The first-order chi connectivity index (χ1) is 13.3. The number of hydrogen-bond donors (Lipinski definition) is 1. The molecule has 1 heterocycles. The van der Waals surface area contributed by atoms with Crippen molar-refractivity contribution in [3.05, 3.63) is 60.4 Å². The highest BCUT2D eigenvalue weighted by Crippen LogP contribution is 2.18. The number of nitrogens with zero attached hydrogens (tertiary/aromatic N) is 3. The molecule has 28 heavy (non-hydrogen) atoms.